The number of aromatic nitrogens is 1. The van der Waals surface area contributed by atoms with E-state index in [-0.39, 0.29) is 36.7 Å². The first-order valence-corrected chi connectivity index (χ1v) is 7.74. The van der Waals surface area contributed by atoms with Crippen LogP contribution in [0.1, 0.15) is 6.92 Å². The number of pyridine rings is 1. The number of ether oxygens (including phenoxy) is 1. The smallest absolute Gasteiger partial charge is 0.363 e. The first kappa shape index (κ1) is 15.8. The summed E-state index contributed by atoms with van der Waals surface area (Å²) in [4.78, 5) is 13.3. The van der Waals surface area contributed by atoms with Crippen LogP contribution in [0.15, 0.2) is 23.2 Å². The number of nitrogens with zero attached hydrogens (tertiary/aromatic N) is 3. The Labute approximate surface area is 121 Å². The summed E-state index contributed by atoms with van der Waals surface area (Å²) in [6.07, 6.45) is 0.614. The van der Waals surface area contributed by atoms with Gasteiger partial charge in [-0.15, -0.1) is 0 Å². The van der Waals surface area contributed by atoms with Crippen LogP contribution in [0.25, 0.3) is 0 Å². The first-order chi connectivity index (χ1) is 9.82. The molecule has 2 heterocycles. The average molecular weight is 316 g/mol. The molecule has 1 aromatic rings. The maximum absolute atomic E-state index is 12.5. The third kappa shape index (κ3) is 3.35. The zero-order valence-electron chi connectivity index (χ0n) is 11.4. The highest BCUT2D eigenvalue weighted by molar-refractivity contribution is 7.89. The molecule has 2 rings (SSSR count). The molecule has 2 unspecified atom stereocenters. The minimum Gasteiger partial charge on any atom is -0.374 e. The normalized spacial score (nSPS) is 21.9. The number of nitrogens with two attached hydrogens (primary N) is 1. The number of morpholine rings is 1. The van der Waals surface area contributed by atoms with E-state index in [1.54, 1.807) is 6.92 Å². The van der Waals surface area contributed by atoms with Crippen molar-refractivity contribution in [3.8, 4) is 0 Å². The molecule has 1 aliphatic heterocycles. The second kappa shape index (κ2) is 6.02. The molecule has 2 N–H and O–H groups in total. The van der Waals surface area contributed by atoms with Crippen LogP contribution in [0.4, 0.5) is 5.82 Å². The van der Waals surface area contributed by atoms with E-state index < -0.39 is 20.8 Å². The second-order valence-corrected chi connectivity index (χ2v) is 6.68. The van der Waals surface area contributed by atoms with Crippen LogP contribution in [0, 0.1) is 10.1 Å². The summed E-state index contributed by atoms with van der Waals surface area (Å²) in [6, 6.07) is 1.95. The van der Waals surface area contributed by atoms with Crippen molar-refractivity contribution in [2.24, 2.45) is 5.73 Å². The van der Waals surface area contributed by atoms with Crippen LogP contribution in [-0.2, 0) is 14.8 Å². The monoisotopic (exact) mass is 316 g/mol. The number of sulfonamides is 1. The standard InChI is InChI=1S/C11H16N4O5S/c1-8(12)10-7-14(4-5-20-10)21(18,19)9-2-3-11(13-6-9)15(16)17/h2-3,6,8,10H,4-5,7,12H2,1H3. The molecule has 10 heteroatoms. The van der Waals surface area contributed by atoms with Crippen molar-refractivity contribution in [3.05, 3.63) is 28.4 Å². The van der Waals surface area contributed by atoms with Gasteiger partial charge < -0.3 is 20.6 Å². The fraction of sp³-hybridized carbons (Fsp3) is 0.545. The van der Waals surface area contributed by atoms with E-state index in [0.29, 0.717) is 0 Å². The van der Waals surface area contributed by atoms with Crippen LogP contribution in [0.3, 0.4) is 0 Å². The van der Waals surface area contributed by atoms with Gasteiger partial charge >= 0.3 is 5.82 Å². The molecule has 0 aromatic carbocycles. The number of nitro groups is 1. The van der Waals surface area contributed by atoms with Gasteiger partial charge in [0.15, 0.2) is 6.20 Å². The minimum atomic E-state index is -3.76. The van der Waals surface area contributed by atoms with E-state index in [1.165, 1.54) is 10.4 Å². The zero-order valence-corrected chi connectivity index (χ0v) is 12.2. The minimum absolute atomic E-state index is 0.0848. The van der Waals surface area contributed by atoms with Gasteiger partial charge in [0.2, 0.25) is 10.0 Å². The van der Waals surface area contributed by atoms with Crippen molar-refractivity contribution >= 4 is 15.8 Å². The Bertz CT molecular complexity index is 616. The average Bonchev–Trinajstić information content (AvgIpc) is 2.47. The lowest BCUT2D eigenvalue weighted by molar-refractivity contribution is -0.389. The highest BCUT2D eigenvalue weighted by Gasteiger charge is 2.33. The van der Waals surface area contributed by atoms with Crippen LogP contribution in [-0.4, -0.2) is 54.5 Å². The van der Waals surface area contributed by atoms with Crippen LogP contribution in [0.5, 0.6) is 0 Å². The van der Waals surface area contributed by atoms with E-state index in [9.17, 15) is 18.5 Å². The first-order valence-electron chi connectivity index (χ1n) is 6.30. The summed E-state index contributed by atoms with van der Waals surface area (Å²) in [6.45, 7) is 2.36. The Morgan fingerprint density at radius 1 is 1.57 bits per heavy atom. The van der Waals surface area contributed by atoms with Crippen LogP contribution in [0.2, 0.25) is 0 Å². The summed E-state index contributed by atoms with van der Waals surface area (Å²) in [7, 11) is -3.76. The molecule has 1 fully saturated rings. The Balaban J connectivity index is 2.22. The lowest BCUT2D eigenvalue weighted by atomic mass is 10.2. The quantitative estimate of drug-likeness (QED) is 0.597. The van der Waals surface area contributed by atoms with Crippen LogP contribution < -0.4 is 5.73 Å². The molecular weight excluding hydrogens is 300 g/mol. The maximum Gasteiger partial charge on any atom is 0.363 e. The number of hydrogen-bond acceptors (Lipinski definition) is 7. The highest BCUT2D eigenvalue weighted by atomic mass is 32.2. The SMILES string of the molecule is CC(N)C1CN(S(=O)(=O)c2ccc([N+](=O)[O-])nc2)CCO1. The van der Waals surface area contributed by atoms with Gasteiger partial charge in [-0.3, -0.25) is 0 Å². The van der Waals surface area contributed by atoms with Gasteiger partial charge in [0.25, 0.3) is 0 Å². The summed E-state index contributed by atoms with van der Waals surface area (Å²) >= 11 is 0. The van der Waals surface area contributed by atoms with E-state index in [1.807, 2.05) is 0 Å². The Kier molecular flexibility index (Phi) is 4.52. The molecule has 1 saturated heterocycles. The van der Waals surface area contributed by atoms with E-state index in [4.69, 9.17) is 10.5 Å². The van der Waals surface area contributed by atoms with Gasteiger partial charge in [0.05, 0.1) is 12.7 Å². The summed E-state index contributed by atoms with van der Waals surface area (Å²) < 4.78 is 31.6. The lowest BCUT2D eigenvalue weighted by Gasteiger charge is -2.33. The maximum atomic E-state index is 12.5. The van der Waals surface area contributed by atoms with E-state index in [2.05, 4.69) is 4.98 Å². The van der Waals surface area contributed by atoms with Crippen molar-refractivity contribution in [1.29, 1.82) is 0 Å². The van der Waals surface area contributed by atoms with Crippen molar-refractivity contribution in [2.45, 2.75) is 24.0 Å². The zero-order chi connectivity index (χ0) is 15.6. The molecule has 0 bridgehead atoms. The molecule has 0 saturated carbocycles. The van der Waals surface area contributed by atoms with Crippen molar-refractivity contribution in [3.63, 3.8) is 0 Å². The Hall–Kier alpha value is -1.62. The molecule has 21 heavy (non-hydrogen) atoms. The Morgan fingerprint density at radius 2 is 2.29 bits per heavy atom. The van der Waals surface area contributed by atoms with Crippen LogP contribution >= 0.6 is 0 Å². The third-order valence-electron chi connectivity index (χ3n) is 3.19. The Morgan fingerprint density at radius 3 is 2.81 bits per heavy atom. The fourth-order valence-electron chi connectivity index (χ4n) is 1.97. The highest BCUT2D eigenvalue weighted by Crippen LogP contribution is 2.20. The van der Waals surface area contributed by atoms with Gasteiger partial charge in [-0.1, -0.05) is 0 Å². The van der Waals surface area contributed by atoms with Gasteiger partial charge in [0, 0.05) is 25.2 Å². The molecule has 9 nitrogen and oxygen atoms in total. The molecule has 0 radical (unpaired) electrons. The molecule has 2 atom stereocenters. The molecule has 116 valence electrons. The van der Waals surface area contributed by atoms with E-state index in [0.717, 1.165) is 12.3 Å². The molecule has 1 aromatic heterocycles. The molecule has 1 aliphatic rings. The second-order valence-electron chi connectivity index (χ2n) is 4.74. The number of hydrogen-bond donors (Lipinski definition) is 1. The lowest BCUT2D eigenvalue weighted by Crippen LogP contribution is -2.51. The third-order valence-corrected chi connectivity index (χ3v) is 5.04. The van der Waals surface area contributed by atoms with Gasteiger partial charge in [-0.2, -0.15) is 4.31 Å². The predicted molar refractivity (Wildman–Crippen MR) is 73.0 cm³/mol. The summed E-state index contributed by atoms with van der Waals surface area (Å²) in [5.41, 5.74) is 5.73. The summed E-state index contributed by atoms with van der Waals surface area (Å²) in [5.74, 6) is -0.399. The molecule has 0 spiro atoms. The van der Waals surface area contributed by atoms with Crippen molar-refractivity contribution in [1.82, 2.24) is 9.29 Å². The largest absolute Gasteiger partial charge is 0.374 e. The van der Waals surface area contributed by atoms with Gasteiger partial charge in [-0.25, -0.2) is 8.42 Å². The molecule has 0 aliphatic carbocycles. The number of rotatable bonds is 4. The predicted octanol–water partition coefficient (Wildman–Crippen LogP) is -0.273. The topological polar surface area (TPSA) is 129 Å². The van der Waals surface area contributed by atoms with E-state index >= 15 is 0 Å². The summed E-state index contributed by atoms with van der Waals surface area (Å²) in [5, 5.41) is 10.5. The fourth-order valence-corrected chi connectivity index (χ4v) is 3.35. The van der Waals surface area contributed by atoms with Crippen molar-refractivity contribution in [2.75, 3.05) is 19.7 Å². The van der Waals surface area contributed by atoms with Gasteiger partial charge in [0.1, 0.15) is 4.90 Å². The van der Waals surface area contributed by atoms with Gasteiger partial charge in [-0.05, 0) is 22.9 Å². The molecular formula is C11H16N4O5S. The van der Waals surface area contributed by atoms with Crippen molar-refractivity contribution < 1.29 is 18.1 Å². The molecule has 0 amide bonds.